The summed E-state index contributed by atoms with van der Waals surface area (Å²) in [5.41, 5.74) is 12.6. The molecule has 0 spiro atoms. The summed E-state index contributed by atoms with van der Waals surface area (Å²) in [6.07, 6.45) is 1.69. The molecule has 1 N–H and O–H groups in total. The van der Waals surface area contributed by atoms with Gasteiger partial charge in [-0.15, -0.1) is 0 Å². The van der Waals surface area contributed by atoms with Gasteiger partial charge >= 0.3 is 0 Å². The highest BCUT2D eigenvalue weighted by Crippen LogP contribution is 2.49. The summed E-state index contributed by atoms with van der Waals surface area (Å²) < 4.78 is 0. The summed E-state index contributed by atoms with van der Waals surface area (Å²) in [6, 6.07) is 51.2. The van der Waals surface area contributed by atoms with Crippen LogP contribution >= 0.6 is 0 Å². The fourth-order valence-corrected chi connectivity index (χ4v) is 6.94. The van der Waals surface area contributed by atoms with Gasteiger partial charge in [0.25, 0.3) is 0 Å². The summed E-state index contributed by atoms with van der Waals surface area (Å²) in [6.45, 7) is 0. The van der Waals surface area contributed by atoms with Gasteiger partial charge in [0, 0.05) is 11.5 Å². The highest BCUT2D eigenvalue weighted by Gasteiger charge is 2.37. The number of nitrogens with zero attached hydrogens (tertiary/aromatic N) is 2. The van der Waals surface area contributed by atoms with Gasteiger partial charge in [-0.25, -0.2) is 4.98 Å². The molecule has 0 amide bonds. The van der Waals surface area contributed by atoms with Crippen LogP contribution in [0.5, 0.6) is 0 Å². The van der Waals surface area contributed by atoms with Crippen LogP contribution in [0.1, 0.15) is 34.7 Å². The monoisotopic (exact) mass is 563 g/mol. The van der Waals surface area contributed by atoms with Gasteiger partial charge in [-0.2, -0.15) is 5.26 Å². The summed E-state index contributed by atoms with van der Waals surface area (Å²) in [7, 11) is 0. The maximum atomic E-state index is 10.8. The number of allylic oxidation sites excluding steroid dienone is 2. The van der Waals surface area contributed by atoms with Gasteiger partial charge in [-0.1, -0.05) is 133 Å². The average molecular weight is 564 g/mol. The maximum absolute atomic E-state index is 10.8. The van der Waals surface area contributed by atoms with Crippen LogP contribution in [0, 0.1) is 11.3 Å². The molecule has 0 radical (unpaired) electrons. The molecule has 5 aromatic carbocycles. The van der Waals surface area contributed by atoms with Gasteiger partial charge in [0.2, 0.25) is 0 Å². The zero-order chi connectivity index (χ0) is 29.5. The minimum atomic E-state index is -0.187. The molecule has 1 aromatic heterocycles. The van der Waals surface area contributed by atoms with Crippen molar-refractivity contribution in [2.24, 2.45) is 0 Å². The molecule has 1 aliphatic carbocycles. The number of dihydropyridines is 1. The van der Waals surface area contributed by atoms with Gasteiger partial charge in [0.15, 0.2) is 0 Å². The third-order valence-electron chi connectivity index (χ3n) is 8.95. The van der Waals surface area contributed by atoms with E-state index >= 15 is 0 Å². The second kappa shape index (κ2) is 10.8. The smallest absolute Gasteiger partial charge is 0.0979 e. The lowest BCUT2D eigenvalue weighted by Crippen LogP contribution is -2.29. The molecule has 1 aliphatic heterocycles. The van der Waals surface area contributed by atoms with Crippen molar-refractivity contribution in [2.75, 3.05) is 0 Å². The molecule has 0 fully saturated rings. The molecule has 1 atom stereocenters. The van der Waals surface area contributed by atoms with Gasteiger partial charge in [-0.3, -0.25) is 0 Å². The van der Waals surface area contributed by atoms with E-state index in [0.717, 1.165) is 57.9 Å². The lowest BCUT2D eigenvalue weighted by atomic mass is 9.73. The first kappa shape index (κ1) is 25.9. The topological polar surface area (TPSA) is 48.7 Å². The highest BCUT2D eigenvalue weighted by molar-refractivity contribution is 5.94. The van der Waals surface area contributed by atoms with Crippen LogP contribution in [-0.2, 0) is 6.42 Å². The molecular weight excluding hydrogens is 534 g/mol. The number of nitrogens with one attached hydrogen (secondary N) is 1. The van der Waals surface area contributed by atoms with Crippen LogP contribution in [0.15, 0.2) is 151 Å². The van der Waals surface area contributed by atoms with Crippen LogP contribution in [0.2, 0.25) is 0 Å². The first-order chi connectivity index (χ1) is 21.8. The Hall–Kier alpha value is -5.72. The lowest BCUT2D eigenvalue weighted by Gasteiger charge is -2.36. The van der Waals surface area contributed by atoms with E-state index in [-0.39, 0.29) is 5.92 Å². The molecule has 208 valence electrons. The number of hydrogen-bond donors (Lipinski definition) is 1. The predicted molar refractivity (Wildman–Crippen MR) is 179 cm³/mol. The van der Waals surface area contributed by atoms with Gasteiger partial charge in [0.1, 0.15) is 0 Å². The Balaban J connectivity index is 1.43. The summed E-state index contributed by atoms with van der Waals surface area (Å²) in [5, 5.41) is 17.0. The summed E-state index contributed by atoms with van der Waals surface area (Å²) in [4.78, 5) is 5.40. The third-order valence-corrected chi connectivity index (χ3v) is 8.95. The minimum Gasteiger partial charge on any atom is -0.352 e. The number of nitriles is 1. The molecule has 0 bridgehead atoms. The second-order valence-electron chi connectivity index (χ2n) is 11.4. The van der Waals surface area contributed by atoms with E-state index in [1.54, 1.807) is 0 Å². The SMILES string of the molecule is N#CC1=C(c2ccccc2)NC2=C(CCc3c(-c4ccccc4)cc(-c4ccccc4)nc32)C1c1cccc2ccccc12. The molecule has 2 heterocycles. The number of pyridine rings is 1. The van der Waals surface area contributed by atoms with E-state index in [0.29, 0.717) is 0 Å². The van der Waals surface area contributed by atoms with Crippen molar-refractivity contribution in [3.05, 3.63) is 173 Å². The van der Waals surface area contributed by atoms with Crippen molar-refractivity contribution >= 4 is 22.2 Å². The van der Waals surface area contributed by atoms with Gasteiger partial charge in [0.05, 0.1) is 34.4 Å². The molecule has 6 aromatic rings. The first-order valence-electron chi connectivity index (χ1n) is 15.1. The molecule has 8 rings (SSSR count). The van der Waals surface area contributed by atoms with Crippen LogP contribution in [0.4, 0.5) is 0 Å². The largest absolute Gasteiger partial charge is 0.352 e. The standard InChI is InChI=1S/C41H29N3/c42-26-36-38(32-22-12-20-27-15-10-11-21-31(27)32)34-24-23-33-35(28-13-4-1-5-14-28)25-37(29-16-6-2-7-17-29)43-40(33)41(34)44-39(36)30-18-8-3-9-19-30/h1-22,25,38,44H,23-24H2. The van der Waals surface area contributed by atoms with E-state index in [1.165, 1.54) is 33.0 Å². The van der Waals surface area contributed by atoms with E-state index in [4.69, 9.17) is 4.98 Å². The van der Waals surface area contributed by atoms with E-state index < -0.39 is 0 Å². The van der Waals surface area contributed by atoms with Crippen molar-refractivity contribution in [1.29, 1.82) is 5.26 Å². The number of aromatic nitrogens is 1. The number of fused-ring (bicyclic) bond motifs is 3. The Kier molecular flexibility index (Phi) is 6.39. The minimum absolute atomic E-state index is 0.187. The van der Waals surface area contributed by atoms with Crippen molar-refractivity contribution in [1.82, 2.24) is 10.3 Å². The fraction of sp³-hybridized carbons (Fsp3) is 0.0732. The van der Waals surface area contributed by atoms with Crippen LogP contribution in [0.25, 0.3) is 44.6 Å². The molecule has 44 heavy (non-hydrogen) atoms. The summed E-state index contributed by atoms with van der Waals surface area (Å²) in [5.74, 6) is -0.187. The first-order valence-corrected chi connectivity index (χ1v) is 15.1. The third kappa shape index (κ3) is 4.32. The summed E-state index contributed by atoms with van der Waals surface area (Å²) >= 11 is 0. The quantitative estimate of drug-likeness (QED) is 0.232. The Morgan fingerprint density at radius 3 is 2.00 bits per heavy atom. The van der Waals surface area contributed by atoms with Crippen molar-refractivity contribution in [3.8, 4) is 28.5 Å². The molecule has 0 saturated heterocycles. The predicted octanol–water partition coefficient (Wildman–Crippen LogP) is 9.55. The molecular formula is C41H29N3. The lowest BCUT2D eigenvalue weighted by molar-refractivity contribution is 0.784. The number of rotatable bonds is 4. The Bertz CT molecular complexity index is 2130. The van der Waals surface area contributed by atoms with Crippen LogP contribution < -0.4 is 5.32 Å². The number of hydrogen-bond acceptors (Lipinski definition) is 3. The van der Waals surface area contributed by atoms with Crippen molar-refractivity contribution in [3.63, 3.8) is 0 Å². The normalized spacial score (nSPS) is 15.8. The zero-order valence-corrected chi connectivity index (χ0v) is 24.2. The van der Waals surface area contributed by atoms with Crippen molar-refractivity contribution in [2.45, 2.75) is 18.8 Å². The van der Waals surface area contributed by atoms with Gasteiger partial charge in [-0.05, 0) is 63.1 Å². The van der Waals surface area contributed by atoms with E-state index in [2.05, 4.69) is 127 Å². The fourth-order valence-electron chi connectivity index (χ4n) is 6.94. The van der Waals surface area contributed by atoms with E-state index in [9.17, 15) is 5.26 Å². The zero-order valence-electron chi connectivity index (χ0n) is 24.2. The number of benzene rings is 5. The Morgan fingerprint density at radius 1 is 0.636 bits per heavy atom. The van der Waals surface area contributed by atoms with Crippen molar-refractivity contribution < 1.29 is 0 Å². The Labute approximate surface area is 257 Å². The molecule has 1 unspecified atom stereocenters. The van der Waals surface area contributed by atoms with Crippen LogP contribution in [0.3, 0.4) is 0 Å². The second-order valence-corrected chi connectivity index (χ2v) is 11.4. The molecule has 0 saturated carbocycles. The Morgan fingerprint density at radius 2 is 1.27 bits per heavy atom. The average Bonchev–Trinajstić information content (AvgIpc) is 3.11. The maximum Gasteiger partial charge on any atom is 0.0979 e. The van der Waals surface area contributed by atoms with E-state index in [1.807, 2.05) is 24.3 Å². The molecule has 3 nitrogen and oxygen atoms in total. The van der Waals surface area contributed by atoms with Gasteiger partial charge < -0.3 is 5.32 Å². The highest BCUT2D eigenvalue weighted by atomic mass is 15.0. The van der Waals surface area contributed by atoms with Crippen LogP contribution in [-0.4, -0.2) is 4.98 Å². The molecule has 2 aliphatic rings. The molecule has 3 heteroatoms.